The molecule has 18 heavy (non-hydrogen) atoms. The van der Waals surface area contributed by atoms with Crippen LogP contribution >= 0.6 is 0 Å². The predicted molar refractivity (Wildman–Crippen MR) is 67.9 cm³/mol. The van der Waals surface area contributed by atoms with E-state index in [2.05, 4.69) is 10.1 Å². The highest BCUT2D eigenvalue weighted by Gasteiger charge is 2.13. The molecule has 0 radical (unpaired) electrons. The standard InChI is InChI=1S/C14H16N2O2/c1-10(2)8-12(17)9-13-15-14(16-18-13)11-6-4-3-5-7-11/h3-7,10H,8-9H2,1-2H3. The van der Waals surface area contributed by atoms with Crippen molar-refractivity contribution in [2.24, 2.45) is 5.92 Å². The highest BCUT2D eigenvalue weighted by atomic mass is 16.5. The predicted octanol–water partition coefficient (Wildman–Crippen LogP) is 2.89. The lowest BCUT2D eigenvalue weighted by atomic mass is 10.1. The topological polar surface area (TPSA) is 56.0 Å². The van der Waals surface area contributed by atoms with Gasteiger partial charge in [-0.15, -0.1) is 0 Å². The van der Waals surface area contributed by atoms with Gasteiger partial charge in [-0.3, -0.25) is 4.79 Å². The van der Waals surface area contributed by atoms with Crippen molar-refractivity contribution in [2.45, 2.75) is 26.7 Å². The van der Waals surface area contributed by atoms with Gasteiger partial charge in [0.15, 0.2) is 0 Å². The highest BCUT2D eigenvalue weighted by Crippen LogP contribution is 2.15. The van der Waals surface area contributed by atoms with Crippen LogP contribution in [-0.4, -0.2) is 15.9 Å². The van der Waals surface area contributed by atoms with E-state index in [1.54, 1.807) is 0 Å². The highest BCUT2D eigenvalue weighted by molar-refractivity contribution is 5.80. The number of ketones is 1. The molecule has 2 rings (SSSR count). The molecular formula is C14H16N2O2. The summed E-state index contributed by atoms with van der Waals surface area (Å²) in [6.45, 7) is 4.03. The molecule has 0 aliphatic heterocycles. The van der Waals surface area contributed by atoms with E-state index in [4.69, 9.17) is 4.52 Å². The number of Topliss-reactive ketones (excluding diaryl/α,β-unsaturated/α-hetero) is 1. The van der Waals surface area contributed by atoms with Crippen molar-refractivity contribution in [1.82, 2.24) is 10.1 Å². The molecule has 0 unspecified atom stereocenters. The van der Waals surface area contributed by atoms with Gasteiger partial charge in [-0.1, -0.05) is 49.3 Å². The van der Waals surface area contributed by atoms with Crippen LogP contribution < -0.4 is 0 Å². The third kappa shape index (κ3) is 3.26. The van der Waals surface area contributed by atoms with E-state index < -0.39 is 0 Å². The van der Waals surface area contributed by atoms with Crippen LogP contribution in [0.3, 0.4) is 0 Å². The molecule has 0 spiro atoms. The van der Waals surface area contributed by atoms with Crippen molar-refractivity contribution in [1.29, 1.82) is 0 Å². The Morgan fingerprint density at radius 1 is 1.28 bits per heavy atom. The second-order valence-corrected chi connectivity index (χ2v) is 4.69. The molecule has 4 heteroatoms. The van der Waals surface area contributed by atoms with Crippen molar-refractivity contribution in [3.63, 3.8) is 0 Å². The summed E-state index contributed by atoms with van der Waals surface area (Å²) in [5.41, 5.74) is 0.892. The third-order valence-corrected chi connectivity index (χ3v) is 2.48. The van der Waals surface area contributed by atoms with E-state index in [1.165, 1.54) is 0 Å². The van der Waals surface area contributed by atoms with Crippen LogP contribution in [0.1, 0.15) is 26.2 Å². The second-order valence-electron chi connectivity index (χ2n) is 4.69. The van der Waals surface area contributed by atoms with Crippen LogP contribution in [0.2, 0.25) is 0 Å². The maximum atomic E-state index is 11.6. The van der Waals surface area contributed by atoms with Gasteiger partial charge in [0.25, 0.3) is 0 Å². The molecule has 0 atom stereocenters. The van der Waals surface area contributed by atoms with Crippen LogP contribution in [0, 0.1) is 5.92 Å². The molecule has 0 aliphatic carbocycles. The number of benzene rings is 1. The fourth-order valence-corrected chi connectivity index (χ4v) is 1.73. The normalized spacial score (nSPS) is 10.8. The van der Waals surface area contributed by atoms with Gasteiger partial charge in [0.1, 0.15) is 5.78 Å². The number of rotatable bonds is 5. The number of hydrogen-bond donors (Lipinski definition) is 0. The molecule has 1 heterocycles. The first-order valence-electron chi connectivity index (χ1n) is 6.05. The molecule has 0 fully saturated rings. The summed E-state index contributed by atoms with van der Waals surface area (Å²) in [6, 6.07) is 9.57. The molecule has 1 aromatic heterocycles. The zero-order valence-corrected chi connectivity index (χ0v) is 10.6. The first kappa shape index (κ1) is 12.5. The lowest BCUT2D eigenvalue weighted by Crippen LogP contribution is -2.06. The molecule has 0 bridgehead atoms. The lowest BCUT2D eigenvalue weighted by Gasteiger charge is -2.00. The molecular weight excluding hydrogens is 228 g/mol. The van der Waals surface area contributed by atoms with Crippen LogP contribution in [0.4, 0.5) is 0 Å². The minimum atomic E-state index is 0.133. The quantitative estimate of drug-likeness (QED) is 0.811. The number of carbonyl (C=O) groups excluding carboxylic acids is 1. The van der Waals surface area contributed by atoms with Crippen LogP contribution in [0.15, 0.2) is 34.9 Å². The van der Waals surface area contributed by atoms with Crippen LogP contribution in [0.5, 0.6) is 0 Å². The van der Waals surface area contributed by atoms with Crippen molar-refractivity contribution in [2.75, 3.05) is 0 Å². The van der Waals surface area contributed by atoms with E-state index >= 15 is 0 Å². The van der Waals surface area contributed by atoms with Crippen LogP contribution in [-0.2, 0) is 11.2 Å². The van der Waals surface area contributed by atoms with Gasteiger partial charge in [0.2, 0.25) is 11.7 Å². The van der Waals surface area contributed by atoms with Crippen molar-refractivity contribution < 1.29 is 9.32 Å². The number of carbonyl (C=O) groups is 1. The Bertz CT molecular complexity index is 518. The molecule has 4 nitrogen and oxygen atoms in total. The minimum absolute atomic E-state index is 0.133. The Hall–Kier alpha value is -1.97. The number of hydrogen-bond acceptors (Lipinski definition) is 4. The summed E-state index contributed by atoms with van der Waals surface area (Å²) in [6.07, 6.45) is 0.765. The first-order valence-corrected chi connectivity index (χ1v) is 6.05. The average molecular weight is 244 g/mol. The Morgan fingerprint density at radius 2 is 2.00 bits per heavy atom. The van der Waals surface area contributed by atoms with Gasteiger partial charge in [0.05, 0.1) is 6.42 Å². The zero-order chi connectivity index (χ0) is 13.0. The summed E-state index contributed by atoms with van der Waals surface area (Å²) in [4.78, 5) is 15.9. The van der Waals surface area contributed by atoms with Crippen molar-refractivity contribution >= 4 is 5.78 Å². The lowest BCUT2D eigenvalue weighted by molar-refractivity contribution is -0.119. The van der Waals surface area contributed by atoms with Gasteiger partial charge in [-0.2, -0.15) is 4.98 Å². The average Bonchev–Trinajstić information content (AvgIpc) is 2.77. The Kier molecular flexibility index (Phi) is 3.87. The Balaban J connectivity index is 2.05. The summed E-state index contributed by atoms with van der Waals surface area (Å²) in [5.74, 6) is 1.41. The summed E-state index contributed by atoms with van der Waals surface area (Å²) in [5, 5.41) is 3.88. The fraction of sp³-hybridized carbons (Fsp3) is 0.357. The Morgan fingerprint density at radius 3 is 2.67 bits per heavy atom. The van der Waals surface area contributed by atoms with Gasteiger partial charge >= 0.3 is 0 Å². The summed E-state index contributed by atoms with van der Waals surface area (Å²) >= 11 is 0. The van der Waals surface area contributed by atoms with E-state index in [-0.39, 0.29) is 12.2 Å². The maximum Gasteiger partial charge on any atom is 0.234 e. The van der Waals surface area contributed by atoms with E-state index in [0.717, 1.165) is 5.56 Å². The largest absolute Gasteiger partial charge is 0.339 e. The summed E-state index contributed by atoms with van der Waals surface area (Å²) < 4.78 is 5.09. The maximum absolute atomic E-state index is 11.6. The molecule has 94 valence electrons. The molecule has 0 aliphatic rings. The van der Waals surface area contributed by atoms with Gasteiger partial charge in [0, 0.05) is 12.0 Å². The third-order valence-electron chi connectivity index (χ3n) is 2.48. The SMILES string of the molecule is CC(C)CC(=O)Cc1nc(-c2ccccc2)no1. The Labute approximate surface area is 106 Å². The zero-order valence-electron chi connectivity index (χ0n) is 10.6. The van der Waals surface area contributed by atoms with Crippen molar-refractivity contribution in [3.8, 4) is 11.4 Å². The van der Waals surface area contributed by atoms with Crippen LogP contribution in [0.25, 0.3) is 11.4 Å². The van der Waals surface area contributed by atoms with Gasteiger partial charge in [-0.05, 0) is 5.92 Å². The molecule has 0 saturated carbocycles. The van der Waals surface area contributed by atoms with E-state index in [0.29, 0.717) is 24.1 Å². The molecule has 2 aromatic rings. The van der Waals surface area contributed by atoms with Gasteiger partial charge in [-0.25, -0.2) is 0 Å². The smallest absolute Gasteiger partial charge is 0.234 e. The van der Waals surface area contributed by atoms with Gasteiger partial charge < -0.3 is 4.52 Å². The molecule has 0 saturated heterocycles. The monoisotopic (exact) mass is 244 g/mol. The molecule has 0 amide bonds. The van der Waals surface area contributed by atoms with Crippen molar-refractivity contribution in [3.05, 3.63) is 36.2 Å². The fourth-order valence-electron chi connectivity index (χ4n) is 1.73. The molecule has 0 N–H and O–H groups in total. The number of nitrogens with zero attached hydrogens (tertiary/aromatic N) is 2. The van der Waals surface area contributed by atoms with E-state index in [1.807, 2.05) is 44.2 Å². The van der Waals surface area contributed by atoms with E-state index in [9.17, 15) is 4.79 Å². The minimum Gasteiger partial charge on any atom is -0.339 e. The second kappa shape index (κ2) is 5.58. The molecule has 1 aromatic carbocycles. The number of aromatic nitrogens is 2. The summed E-state index contributed by atoms with van der Waals surface area (Å²) in [7, 11) is 0. The first-order chi connectivity index (χ1) is 8.65.